The highest BCUT2D eigenvalue weighted by Crippen LogP contribution is 2.24. The molecule has 1 aromatic heterocycles. The largest absolute Gasteiger partial charge is 0.352 e. The maximum absolute atomic E-state index is 13.2. The number of nitrogens with one attached hydrogen (secondary N) is 2. The zero-order valence-electron chi connectivity index (χ0n) is 10.9. The summed E-state index contributed by atoms with van der Waals surface area (Å²) in [5.41, 5.74) is 4.30. The van der Waals surface area contributed by atoms with E-state index in [1.54, 1.807) is 6.07 Å². The summed E-state index contributed by atoms with van der Waals surface area (Å²) in [6, 6.07) is 13.4. The van der Waals surface area contributed by atoms with Crippen LogP contribution in [0.5, 0.6) is 0 Å². The van der Waals surface area contributed by atoms with Gasteiger partial charge in [0.2, 0.25) is 5.95 Å². The van der Waals surface area contributed by atoms with E-state index in [4.69, 9.17) is 0 Å². The molecule has 0 fully saturated rings. The number of hydrogen-bond acceptors (Lipinski definition) is 2. The van der Waals surface area contributed by atoms with Crippen molar-refractivity contribution in [3.8, 4) is 0 Å². The highest BCUT2D eigenvalue weighted by atomic mass is 19.1. The average Bonchev–Trinajstić information content (AvgIpc) is 3.00. The monoisotopic (exact) mass is 267 g/mol. The van der Waals surface area contributed by atoms with Gasteiger partial charge in [-0.2, -0.15) is 0 Å². The molecule has 2 aromatic carbocycles. The van der Waals surface area contributed by atoms with Crippen molar-refractivity contribution in [1.82, 2.24) is 9.97 Å². The molecule has 4 heteroatoms. The molecule has 0 bridgehead atoms. The van der Waals surface area contributed by atoms with Crippen molar-refractivity contribution >= 4 is 17.0 Å². The fourth-order valence-electron chi connectivity index (χ4n) is 2.90. The molecule has 0 aliphatic heterocycles. The lowest BCUT2D eigenvalue weighted by Crippen LogP contribution is -2.20. The summed E-state index contributed by atoms with van der Waals surface area (Å²) in [5.74, 6) is 0.462. The Morgan fingerprint density at radius 2 is 1.85 bits per heavy atom. The maximum atomic E-state index is 13.2. The standard InChI is InChI=1S/C16H14FN3/c17-12-5-6-14-15(9-12)20-16(19-14)18-13-7-10-3-1-2-4-11(10)8-13/h1-6,9,13H,7-8H2,(H2,18,19,20). The van der Waals surface area contributed by atoms with Crippen LogP contribution in [0.1, 0.15) is 11.1 Å². The molecule has 0 saturated heterocycles. The van der Waals surface area contributed by atoms with Gasteiger partial charge in [0.1, 0.15) is 5.82 Å². The predicted molar refractivity (Wildman–Crippen MR) is 77.3 cm³/mol. The van der Waals surface area contributed by atoms with E-state index in [1.807, 2.05) is 0 Å². The Hall–Kier alpha value is -2.36. The summed E-state index contributed by atoms with van der Waals surface area (Å²) in [7, 11) is 0. The third-order valence-corrected chi connectivity index (χ3v) is 3.84. The fourth-order valence-corrected chi connectivity index (χ4v) is 2.90. The number of anilines is 1. The summed E-state index contributed by atoms with van der Waals surface area (Å²) in [6.07, 6.45) is 2.00. The lowest BCUT2D eigenvalue weighted by atomic mass is 10.1. The Morgan fingerprint density at radius 3 is 2.60 bits per heavy atom. The number of H-pyrrole nitrogens is 1. The van der Waals surface area contributed by atoms with Crippen LogP contribution in [0.25, 0.3) is 11.0 Å². The molecular formula is C16H14FN3. The molecular weight excluding hydrogens is 253 g/mol. The first-order valence-electron chi connectivity index (χ1n) is 6.76. The number of halogens is 1. The number of nitrogens with zero attached hydrogens (tertiary/aromatic N) is 1. The summed E-state index contributed by atoms with van der Waals surface area (Å²) < 4.78 is 13.2. The number of aromatic amines is 1. The van der Waals surface area contributed by atoms with E-state index < -0.39 is 0 Å². The van der Waals surface area contributed by atoms with Crippen molar-refractivity contribution in [1.29, 1.82) is 0 Å². The molecule has 0 amide bonds. The smallest absolute Gasteiger partial charge is 0.201 e. The van der Waals surface area contributed by atoms with Gasteiger partial charge in [0, 0.05) is 6.04 Å². The molecule has 0 radical (unpaired) electrons. The van der Waals surface area contributed by atoms with Crippen molar-refractivity contribution in [2.24, 2.45) is 0 Å². The zero-order chi connectivity index (χ0) is 13.5. The fraction of sp³-hybridized carbons (Fsp3) is 0.188. The minimum atomic E-state index is -0.249. The summed E-state index contributed by atoms with van der Waals surface area (Å²) in [6.45, 7) is 0. The summed E-state index contributed by atoms with van der Waals surface area (Å²) in [5, 5.41) is 3.41. The number of imidazole rings is 1. The third kappa shape index (κ3) is 1.93. The molecule has 1 aliphatic rings. The van der Waals surface area contributed by atoms with Gasteiger partial charge in [-0.1, -0.05) is 24.3 Å². The van der Waals surface area contributed by atoms with Crippen LogP contribution in [0.15, 0.2) is 42.5 Å². The van der Waals surface area contributed by atoms with E-state index in [-0.39, 0.29) is 5.82 Å². The SMILES string of the molecule is Fc1ccc2nc(NC3Cc4ccccc4C3)[nH]c2c1. The molecule has 0 atom stereocenters. The molecule has 4 rings (SSSR count). The highest BCUT2D eigenvalue weighted by Gasteiger charge is 2.21. The minimum Gasteiger partial charge on any atom is -0.352 e. The van der Waals surface area contributed by atoms with Gasteiger partial charge in [0.05, 0.1) is 11.0 Å². The van der Waals surface area contributed by atoms with Crippen molar-refractivity contribution < 1.29 is 4.39 Å². The summed E-state index contributed by atoms with van der Waals surface area (Å²) >= 11 is 0. The van der Waals surface area contributed by atoms with Gasteiger partial charge in [-0.15, -0.1) is 0 Å². The second kappa shape index (κ2) is 4.34. The normalized spacial score (nSPS) is 14.7. The number of benzene rings is 2. The van der Waals surface area contributed by atoms with Gasteiger partial charge in [0.15, 0.2) is 0 Å². The number of rotatable bonds is 2. The zero-order valence-corrected chi connectivity index (χ0v) is 10.9. The molecule has 3 aromatic rings. The van der Waals surface area contributed by atoms with Gasteiger partial charge in [-0.05, 0) is 42.2 Å². The average molecular weight is 267 g/mol. The van der Waals surface area contributed by atoms with E-state index in [9.17, 15) is 4.39 Å². The number of fused-ring (bicyclic) bond motifs is 2. The Labute approximate surface area is 115 Å². The van der Waals surface area contributed by atoms with Gasteiger partial charge in [-0.25, -0.2) is 9.37 Å². The molecule has 3 nitrogen and oxygen atoms in total. The van der Waals surface area contributed by atoms with Crippen LogP contribution in [0, 0.1) is 5.82 Å². The molecule has 2 N–H and O–H groups in total. The van der Waals surface area contributed by atoms with Crippen molar-refractivity contribution in [3.63, 3.8) is 0 Å². The van der Waals surface area contributed by atoms with Gasteiger partial charge < -0.3 is 10.3 Å². The van der Waals surface area contributed by atoms with E-state index in [0.717, 1.165) is 23.9 Å². The van der Waals surface area contributed by atoms with Crippen LogP contribution in [-0.4, -0.2) is 16.0 Å². The molecule has 0 spiro atoms. The van der Waals surface area contributed by atoms with Gasteiger partial charge >= 0.3 is 0 Å². The first kappa shape index (κ1) is 11.5. The molecule has 0 unspecified atom stereocenters. The Morgan fingerprint density at radius 1 is 1.10 bits per heavy atom. The summed E-state index contributed by atoms with van der Waals surface area (Å²) in [4.78, 5) is 7.57. The molecule has 0 saturated carbocycles. The van der Waals surface area contributed by atoms with E-state index >= 15 is 0 Å². The maximum Gasteiger partial charge on any atom is 0.201 e. The second-order valence-corrected chi connectivity index (χ2v) is 5.27. The molecule has 100 valence electrons. The van der Waals surface area contributed by atoms with Crippen LogP contribution < -0.4 is 5.32 Å². The number of hydrogen-bond donors (Lipinski definition) is 2. The predicted octanol–water partition coefficient (Wildman–Crippen LogP) is 3.28. The van der Waals surface area contributed by atoms with Gasteiger partial charge in [-0.3, -0.25) is 0 Å². The second-order valence-electron chi connectivity index (χ2n) is 5.27. The van der Waals surface area contributed by atoms with Crippen LogP contribution in [0.3, 0.4) is 0 Å². The molecule has 20 heavy (non-hydrogen) atoms. The Bertz CT molecular complexity index is 753. The van der Waals surface area contributed by atoms with E-state index in [0.29, 0.717) is 12.0 Å². The van der Waals surface area contributed by atoms with Crippen LogP contribution in [-0.2, 0) is 12.8 Å². The molecule has 1 aliphatic carbocycles. The Kier molecular flexibility index (Phi) is 2.49. The quantitative estimate of drug-likeness (QED) is 0.748. The van der Waals surface area contributed by atoms with Crippen LogP contribution in [0.4, 0.5) is 10.3 Å². The first-order valence-corrected chi connectivity index (χ1v) is 6.76. The topological polar surface area (TPSA) is 40.7 Å². The lowest BCUT2D eigenvalue weighted by molar-refractivity contribution is 0.629. The Balaban J connectivity index is 1.57. The van der Waals surface area contributed by atoms with Crippen LogP contribution >= 0.6 is 0 Å². The highest BCUT2D eigenvalue weighted by molar-refractivity contribution is 5.77. The number of aromatic nitrogens is 2. The van der Waals surface area contributed by atoms with Crippen molar-refractivity contribution in [2.75, 3.05) is 5.32 Å². The minimum absolute atomic E-state index is 0.249. The van der Waals surface area contributed by atoms with Crippen LogP contribution in [0.2, 0.25) is 0 Å². The van der Waals surface area contributed by atoms with Crippen molar-refractivity contribution in [3.05, 3.63) is 59.4 Å². The first-order chi connectivity index (χ1) is 9.78. The third-order valence-electron chi connectivity index (χ3n) is 3.84. The van der Waals surface area contributed by atoms with Crippen molar-refractivity contribution in [2.45, 2.75) is 18.9 Å². The van der Waals surface area contributed by atoms with E-state index in [1.165, 1.54) is 23.3 Å². The lowest BCUT2D eigenvalue weighted by Gasteiger charge is -2.09. The van der Waals surface area contributed by atoms with Gasteiger partial charge in [0.25, 0.3) is 0 Å². The van der Waals surface area contributed by atoms with E-state index in [2.05, 4.69) is 39.6 Å². The molecule has 1 heterocycles.